The number of carbonyl (C=O) groups is 3. The summed E-state index contributed by atoms with van der Waals surface area (Å²) in [5.74, 6) is -2.13. The Morgan fingerprint density at radius 1 is 1.10 bits per heavy atom. The van der Waals surface area contributed by atoms with Gasteiger partial charge in [-0.05, 0) is 51.7 Å². The van der Waals surface area contributed by atoms with Gasteiger partial charge in [-0.1, -0.05) is 27.7 Å². The Kier molecular flexibility index (Phi) is 11.3. The molecule has 226 valence electrons. The van der Waals surface area contributed by atoms with Gasteiger partial charge in [0.05, 0.1) is 6.61 Å². The zero-order valence-corrected chi connectivity index (χ0v) is 25.3. The van der Waals surface area contributed by atoms with Gasteiger partial charge in [0.1, 0.15) is 23.4 Å². The molecule has 11 heteroatoms. The molecule has 1 heterocycles. The van der Waals surface area contributed by atoms with Crippen LogP contribution in [-0.2, 0) is 14.3 Å². The largest absolute Gasteiger partial charge is 0.493 e. The van der Waals surface area contributed by atoms with Gasteiger partial charge in [-0.2, -0.15) is 0 Å². The van der Waals surface area contributed by atoms with Crippen LogP contribution in [-0.4, -0.2) is 84.7 Å². The Balaban J connectivity index is 1.90. The first-order chi connectivity index (χ1) is 18.4. The predicted molar refractivity (Wildman–Crippen MR) is 149 cm³/mol. The van der Waals surface area contributed by atoms with E-state index < -0.39 is 46.7 Å². The lowest BCUT2D eigenvalue weighted by Gasteiger charge is -2.35. The Hall–Kier alpha value is -2.95. The van der Waals surface area contributed by atoms with Crippen molar-refractivity contribution < 1.29 is 32.6 Å². The number of halogens is 2. The summed E-state index contributed by atoms with van der Waals surface area (Å²) in [5.41, 5.74) is -1.26. The highest BCUT2D eigenvalue weighted by Crippen LogP contribution is 2.24. The van der Waals surface area contributed by atoms with Gasteiger partial charge in [0.15, 0.2) is 11.6 Å². The smallest absolute Gasteiger partial charge is 0.410 e. The maximum atomic E-state index is 13.5. The fourth-order valence-corrected chi connectivity index (χ4v) is 4.12. The first kappa shape index (κ1) is 33.3. The summed E-state index contributed by atoms with van der Waals surface area (Å²) < 4.78 is 37.4. The maximum absolute atomic E-state index is 13.5. The van der Waals surface area contributed by atoms with Crippen molar-refractivity contribution in [3.63, 3.8) is 0 Å². The number of nitrogens with zero attached hydrogens (tertiary/aromatic N) is 2. The number of hydrogen-bond donors (Lipinski definition) is 2. The maximum Gasteiger partial charge on any atom is 0.410 e. The fourth-order valence-electron chi connectivity index (χ4n) is 4.12. The lowest BCUT2D eigenvalue weighted by Crippen LogP contribution is -2.58. The number of carbonyl (C=O) groups excluding carboxylic acids is 3. The van der Waals surface area contributed by atoms with Crippen molar-refractivity contribution in [3.8, 4) is 5.75 Å². The zero-order valence-electron chi connectivity index (χ0n) is 25.3. The minimum atomic E-state index is -0.951. The minimum Gasteiger partial charge on any atom is -0.493 e. The lowest BCUT2D eigenvalue weighted by atomic mass is 9.85. The molecule has 40 heavy (non-hydrogen) atoms. The number of ether oxygens (including phenoxy) is 2. The van der Waals surface area contributed by atoms with Gasteiger partial charge in [0, 0.05) is 44.7 Å². The van der Waals surface area contributed by atoms with Crippen LogP contribution in [0.15, 0.2) is 18.2 Å². The molecule has 1 fully saturated rings. The molecule has 1 aliphatic rings. The van der Waals surface area contributed by atoms with Crippen LogP contribution in [0.4, 0.5) is 13.6 Å². The van der Waals surface area contributed by atoms with E-state index in [9.17, 15) is 23.2 Å². The zero-order chi connectivity index (χ0) is 30.4. The number of nitrogens with one attached hydrogen (secondary N) is 2. The van der Waals surface area contributed by atoms with Crippen molar-refractivity contribution in [3.05, 3.63) is 29.8 Å². The van der Waals surface area contributed by atoms with E-state index in [1.54, 1.807) is 32.6 Å². The Labute approximate surface area is 236 Å². The molecule has 1 aromatic rings. The number of rotatable bonds is 10. The standard InChI is InChI=1S/C29H46F2N4O5/c1-18(17-39-21-10-11-22(30)23(31)14-21)15-32-20-12-13-35(16-20)26(37)24(28(3,4)5)33-25(36)19(2)34(9)27(38)40-29(6,7)8/h10-11,14,18-20,24,32H,12-13,15-17H2,1-9H3,(H,33,36). The topological polar surface area (TPSA) is 100 Å². The quantitative estimate of drug-likeness (QED) is 0.443. The van der Waals surface area contributed by atoms with E-state index in [0.717, 1.165) is 18.6 Å². The van der Waals surface area contributed by atoms with Crippen LogP contribution >= 0.6 is 0 Å². The molecule has 2 N–H and O–H groups in total. The van der Waals surface area contributed by atoms with Crippen LogP contribution < -0.4 is 15.4 Å². The second-order valence-corrected chi connectivity index (χ2v) is 12.7. The fraction of sp³-hybridized carbons (Fsp3) is 0.690. The number of amides is 3. The molecule has 1 aliphatic heterocycles. The second kappa shape index (κ2) is 13.6. The summed E-state index contributed by atoms with van der Waals surface area (Å²) in [6, 6.07) is 1.90. The number of benzene rings is 1. The van der Waals surface area contributed by atoms with Crippen molar-refractivity contribution >= 4 is 17.9 Å². The van der Waals surface area contributed by atoms with Crippen LogP contribution in [0.5, 0.6) is 5.75 Å². The third-order valence-corrected chi connectivity index (χ3v) is 6.72. The van der Waals surface area contributed by atoms with Gasteiger partial charge in [0.2, 0.25) is 11.8 Å². The molecule has 9 nitrogen and oxygen atoms in total. The van der Waals surface area contributed by atoms with Gasteiger partial charge in [-0.3, -0.25) is 14.5 Å². The van der Waals surface area contributed by atoms with Crippen LogP contribution in [0.3, 0.4) is 0 Å². The SMILES string of the molecule is CC(CNC1CCN(C(=O)C(NC(=O)C(C)N(C)C(=O)OC(C)(C)C)C(C)(C)C)C1)COc1ccc(F)c(F)c1. The second-order valence-electron chi connectivity index (χ2n) is 12.7. The van der Waals surface area contributed by atoms with Crippen LogP contribution in [0.1, 0.15) is 61.8 Å². The molecular weight excluding hydrogens is 522 g/mol. The molecule has 0 saturated carbocycles. The Morgan fingerprint density at radius 2 is 1.75 bits per heavy atom. The van der Waals surface area contributed by atoms with E-state index in [1.807, 2.05) is 27.7 Å². The molecule has 1 aromatic carbocycles. The molecular formula is C29H46F2N4O5. The minimum absolute atomic E-state index is 0.0724. The highest BCUT2D eigenvalue weighted by Gasteiger charge is 2.39. The molecule has 4 atom stereocenters. The van der Waals surface area contributed by atoms with Crippen LogP contribution in [0.25, 0.3) is 0 Å². The normalized spacial score (nSPS) is 18.1. The molecule has 2 rings (SSSR count). The molecule has 0 aliphatic carbocycles. The van der Waals surface area contributed by atoms with Crippen molar-refractivity contribution in [1.29, 1.82) is 0 Å². The van der Waals surface area contributed by atoms with Crippen molar-refractivity contribution in [1.82, 2.24) is 20.4 Å². The summed E-state index contributed by atoms with van der Waals surface area (Å²) in [7, 11) is 1.49. The summed E-state index contributed by atoms with van der Waals surface area (Å²) in [5, 5.41) is 6.32. The first-order valence-corrected chi connectivity index (χ1v) is 13.7. The van der Waals surface area contributed by atoms with E-state index in [0.29, 0.717) is 26.2 Å². The Bertz CT molecular complexity index is 1040. The molecule has 0 bridgehead atoms. The average molecular weight is 569 g/mol. The van der Waals surface area contributed by atoms with E-state index in [2.05, 4.69) is 10.6 Å². The predicted octanol–water partition coefficient (Wildman–Crippen LogP) is 3.96. The van der Waals surface area contributed by atoms with Gasteiger partial charge in [-0.25, -0.2) is 13.6 Å². The molecule has 1 saturated heterocycles. The van der Waals surface area contributed by atoms with Gasteiger partial charge in [0.25, 0.3) is 0 Å². The molecule has 0 radical (unpaired) electrons. The third-order valence-electron chi connectivity index (χ3n) is 6.72. The van der Waals surface area contributed by atoms with Crippen molar-refractivity contribution in [2.45, 2.75) is 85.5 Å². The molecule has 3 amide bonds. The first-order valence-electron chi connectivity index (χ1n) is 13.7. The lowest BCUT2D eigenvalue weighted by molar-refractivity contribution is -0.139. The van der Waals surface area contributed by atoms with Gasteiger partial charge < -0.3 is 25.0 Å². The van der Waals surface area contributed by atoms with E-state index in [1.165, 1.54) is 18.0 Å². The van der Waals surface area contributed by atoms with E-state index in [-0.39, 0.29) is 23.6 Å². The summed E-state index contributed by atoms with van der Waals surface area (Å²) in [6.07, 6.45) is 0.136. The van der Waals surface area contributed by atoms with Crippen LogP contribution in [0, 0.1) is 23.0 Å². The monoisotopic (exact) mass is 568 g/mol. The highest BCUT2D eigenvalue weighted by atomic mass is 19.2. The summed E-state index contributed by atoms with van der Waals surface area (Å²) >= 11 is 0. The van der Waals surface area contributed by atoms with Gasteiger partial charge in [-0.15, -0.1) is 0 Å². The molecule has 0 aromatic heterocycles. The van der Waals surface area contributed by atoms with Crippen molar-refractivity contribution in [2.24, 2.45) is 11.3 Å². The molecule has 0 spiro atoms. The van der Waals surface area contributed by atoms with Crippen LogP contribution in [0.2, 0.25) is 0 Å². The highest BCUT2D eigenvalue weighted by molar-refractivity contribution is 5.91. The van der Waals surface area contributed by atoms with Gasteiger partial charge >= 0.3 is 6.09 Å². The van der Waals surface area contributed by atoms with E-state index in [4.69, 9.17) is 9.47 Å². The number of likely N-dealkylation sites (N-methyl/N-ethyl adjacent to an activating group) is 1. The molecule has 4 unspecified atom stereocenters. The van der Waals surface area contributed by atoms with Crippen molar-refractivity contribution in [2.75, 3.05) is 33.3 Å². The average Bonchev–Trinajstić information content (AvgIpc) is 3.32. The van der Waals surface area contributed by atoms with E-state index >= 15 is 0 Å². The third kappa shape index (κ3) is 9.91. The number of hydrogen-bond acceptors (Lipinski definition) is 6. The number of likely N-dealkylation sites (tertiary alicyclic amines) is 1. The Morgan fingerprint density at radius 3 is 2.33 bits per heavy atom. The summed E-state index contributed by atoms with van der Waals surface area (Å²) in [4.78, 5) is 42.0. The summed E-state index contributed by atoms with van der Waals surface area (Å²) in [6.45, 7) is 16.5.